The zero-order valence-corrected chi connectivity index (χ0v) is 20.6. The summed E-state index contributed by atoms with van der Waals surface area (Å²) in [6.45, 7) is 6.12. The summed E-state index contributed by atoms with van der Waals surface area (Å²) in [5, 5.41) is 0. The van der Waals surface area contributed by atoms with Crippen molar-refractivity contribution in [2.75, 3.05) is 0 Å². The van der Waals surface area contributed by atoms with Crippen molar-refractivity contribution < 1.29 is 23.0 Å². The molecule has 3 nitrogen and oxygen atoms in total. The topological polar surface area (TPSA) is 27.7 Å². The molecule has 5 heteroatoms. The number of aryl methyl sites for hydroxylation is 1. The lowest BCUT2D eigenvalue weighted by molar-refractivity contribution is -0.267. The van der Waals surface area contributed by atoms with Gasteiger partial charge in [0.15, 0.2) is 6.10 Å². The number of alkyl halides is 2. The predicted molar refractivity (Wildman–Crippen MR) is 134 cm³/mol. The first-order valence-electron chi connectivity index (χ1n) is 12.3. The predicted octanol–water partition coefficient (Wildman–Crippen LogP) is 7.22. The van der Waals surface area contributed by atoms with E-state index in [4.69, 9.17) is 14.2 Å². The number of hydrogen-bond acceptors (Lipinski definition) is 3. The highest BCUT2D eigenvalue weighted by Gasteiger charge is 2.62. The lowest BCUT2D eigenvalue weighted by Gasteiger charge is -2.49. The molecular formula is C30H34F2O3. The second-order valence-electron chi connectivity index (χ2n) is 9.42. The SMILES string of the molecule is CC[C@@H]1[C@@H](C)[C@H](OCc2ccccc2)[C@@H](OCc2ccccc2)[C@H](Oc2ccc(C)cc2)C1(F)F. The van der Waals surface area contributed by atoms with Gasteiger partial charge >= 0.3 is 0 Å². The van der Waals surface area contributed by atoms with Crippen LogP contribution in [-0.2, 0) is 22.7 Å². The second-order valence-corrected chi connectivity index (χ2v) is 9.42. The standard InChI is InChI=1S/C30H34F2O3/c1-4-26-22(3)27(33-19-23-11-7-5-8-12-23)28(34-20-24-13-9-6-10-14-24)29(30(26,31)32)35-25-17-15-21(2)16-18-25/h5-18,22,26-29H,4,19-20H2,1-3H3/t22-,26-,27+,28-,29+/m1/s1. The Labute approximate surface area is 207 Å². The van der Waals surface area contributed by atoms with E-state index < -0.39 is 36.1 Å². The number of halogens is 2. The maximum Gasteiger partial charge on any atom is 0.289 e. The maximum absolute atomic E-state index is 16.0. The summed E-state index contributed by atoms with van der Waals surface area (Å²) in [6.07, 6.45) is -2.67. The lowest BCUT2D eigenvalue weighted by Crippen LogP contribution is -2.64. The Bertz CT molecular complexity index is 1040. The van der Waals surface area contributed by atoms with E-state index in [1.54, 1.807) is 19.1 Å². The highest BCUT2D eigenvalue weighted by atomic mass is 19.3. The first-order chi connectivity index (χ1) is 16.9. The van der Waals surface area contributed by atoms with Crippen LogP contribution in [0.25, 0.3) is 0 Å². The molecule has 0 unspecified atom stereocenters. The van der Waals surface area contributed by atoms with Gasteiger partial charge < -0.3 is 14.2 Å². The summed E-state index contributed by atoms with van der Waals surface area (Å²) in [5.41, 5.74) is 2.94. The molecule has 186 valence electrons. The fraction of sp³-hybridized carbons (Fsp3) is 0.400. The molecule has 3 aromatic carbocycles. The fourth-order valence-corrected chi connectivity index (χ4v) is 5.00. The van der Waals surface area contributed by atoms with Crippen LogP contribution in [0.15, 0.2) is 84.9 Å². The molecule has 1 aliphatic rings. The third-order valence-corrected chi connectivity index (χ3v) is 6.94. The Morgan fingerprint density at radius 1 is 0.743 bits per heavy atom. The molecule has 0 N–H and O–H groups in total. The summed E-state index contributed by atoms with van der Waals surface area (Å²) >= 11 is 0. The van der Waals surface area contributed by atoms with E-state index in [1.165, 1.54) is 0 Å². The van der Waals surface area contributed by atoms with Gasteiger partial charge in [-0.25, -0.2) is 8.78 Å². The minimum atomic E-state index is -3.09. The van der Waals surface area contributed by atoms with E-state index in [1.807, 2.05) is 86.6 Å². The fourth-order valence-electron chi connectivity index (χ4n) is 5.00. The molecule has 0 spiro atoms. The van der Waals surface area contributed by atoms with Gasteiger partial charge in [0.2, 0.25) is 0 Å². The molecular weight excluding hydrogens is 446 g/mol. The van der Waals surface area contributed by atoms with Crippen molar-refractivity contribution in [2.45, 2.75) is 64.6 Å². The summed E-state index contributed by atoms with van der Waals surface area (Å²) < 4.78 is 50.6. The molecule has 1 aliphatic carbocycles. The van der Waals surface area contributed by atoms with Gasteiger partial charge in [0.25, 0.3) is 5.92 Å². The number of rotatable bonds is 9. The Balaban J connectivity index is 1.66. The summed E-state index contributed by atoms with van der Waals surface area (Å²) in [7, 11) is 0. The van der Waals surface area contributed by atoms with Crippen LogP contribution >= 0.6 is 0 Å². The van der Waals surface area contributed by atoms with Crippen molar-refractivity contribution in [3.63, 3.8) is 0 Å². The Kier molecular flexibility index (Phi) is 8.19. The Morgan fingerprint density at radius 2 is 1.26 bits per heavy atom. The smallest absolute Gasteiger partial charge is 0.289 e. The van der Waals surface area contributed by atoms with Crippen molar-refractivity contribution in [1.29, 1.82) is 0 Å². The number of hydrogen-bond donors (Lipinski definition) is 0. The first kappa shape index (κ1) is 25.3. The van der Waals surface area contributed by atoms with Crippen LogP contribution in [0, 0.1) is 18.8 Å². The molecule has 35 heavy (non-hydrogen) atoms. The van der Waals surface area contributed by atoms with Crippen LogP contribution in [0.1, 0.15) is 37.0 Å². The van der Waals surface area contributed by atoms with E-state index in [0.717, 1.165) is 16.7 Å². The van der Waals surface area contributed by atoms with Gasteiger partial charge in [-0.05, 0) is 42.5 Å². The van der Waals surface area contributed by atoms with Gasteiger partial charge in [-0.2, -0.15) is 0 Å². The lowest BCUT2D eigenvalue weighted by atomic mass is 9.71. The highest BCUT2D eigenvalue weighted by Crippen LogP contribution is 2.47. The van der Waals surface area contributed by atoms with Crippen molar-refractivity contribution in [1.82, 2.24) is 0 Å². The van der Waals surface area contributed by atoms with Crippen LogP contribution in [0.5, 0.6) is 5.75 Å². The summed E-state index contributed by atoms with van der Waals surface area (Å²) in [4.78, 5) is 0. The Morgan fingerprint density at radius 3 is 1.77 bits per heavy atom. The van der Waals surface area contributed by atoms with Crippen molar-refractivity contribution in [2.24, 2.45) is 11.8 Å². The van der Waals surface area contributed by atoms with Crippen LogP contribution in [0.2, 0.25) is 0 Å². The van der Waals surface area contributed by atoms with Gasteiger partial charge in [0, 0.05) is 5.92 Å². The minimum absolute atomic E-state index is 0.198. The molecule has 0 aliphatic heterocycles. The van der Waals surface area contributed by atoms with E-state index in [9.17, 15) is 0 Å². The van der Waals surface area contributed by atoms with Gasteiger partial charge in [-0.1, -0.05) is 92.2 Å². The maximum atomic E-state index is 16.0. The number of benzene rings is 3. The van der Waals surface area contributed by atoms with Gasteiger partial charge in [-0.15, -0.1) is 0 Å². The van der Waals surface area contributed by atoms with Crippen LogP contribution in [-0.4, -0.2) is 24.2 Å². The van der Waals surface area contributed by atoms with Crippen molar-refractivity contribution in [3.8, 4) is 5.75 Å². The third-order valence-electron chi connectivity index (χ3n) is 6.94. The Hall–Kier alpha value is -2.76. The van der Waals surface area contributed by atoms with Crippen LogP contribution in [0.3, 0.4) is 0 Å². The van der Waals surface area contributed by atoms with E-state index in [0.29, 0.717) is 18.8 Å². The van der Waals surface area contributed by atoms with Crippen LogP contribution < -0.4 is 4.74 Å². The van der Waals surface area contributed by atoms with E-state index in [2.05, 4.69) is 0 Å². The molecule has 0 radical (unpaired) electrons. The third kappa shape index (κ3) is 5.91. The summed E-state index contributed by atoms with van der Waals surface area (Å²) in [5.74, 6) is -4.00. The van der Waals surface area contributed by atoms with Gasteiger partial charge in [0.1, 0.15) is 11.9 Å². The van der Waals surface area contributed by atoms with Crippen molar-refractivity contribution in [3.05, 3.63) is 102 Å². The van der Waals surface area contributed by atoms with E-state index in [-0.39, 0.29) is 6.61 Å². The number of ether oxygens (including phenoxy) is 3. The molecule has 3 aromatic rings. The van der Waals surface area contributed by atoms with E-state index >= 15 is 8.78 Å². The molecule has 0 amide bonds. The highest BCUT2D eigenvalue weighted by molar-refractivity contribution is 5.27. The molecule has 0 saturated heterocycles. The first-order valence-corrected chi connectivity index (χ1v) is 12.3. The molecule has 0 bridgehead atoms. The van der Waals surface area contributed by atoms with Crippen molar-refractivity contribution >= 4 is 0 Å². The largest absolute Gasteiger partial charge is 0.481 e. The monoisotopic (exact) mass is 480 g/mol. The zero-order valence-electron chi connectivity index (χ0n) is 20.6. The average molecular weight is 481 g/mol. The average Bonchev–Trinajstić information content (AvgIpc) is 2.86. The molecule has 0 heterocycles. The molecule has 0 aromatic heterocycles. The molecule has 4 rings (SSSR count). The summed E-state index contributed by atoms with van der Waals surface area (Å²) in [6, 6.07) is 26.6. The van der Waals surface area contributed by atoms with Gasteiger partial charge in [0.05, 0.1) is 19.3 Å². The molecule has 1 saturated carbocycles. The minimum Gasteiger partial charge on any atom is -0.481 e. The van der Waals surface area contributed by atoms with Crippen LogP contribution in [0.4, 0.5) is 8.78 Å². The van der Waals surface area contributed by atoms with Gasteiger partial charge in [-0.3, -0.25) is 0 Å². The zero-order chi connectivity index (χ0) is 24.8. The molecule has 1 fully saturated rings. The normalized spacial score (nSPS) is 25.8. The second kappa shape index (κ2) is 11.3. The molecule has 5 atom stereocenters. The quantitative estimate of drug-likeness (QED) is 0.323.